The molecule has 4 aromatic rings. The van der Waals surface area contributed by atoms with Gasteiger partial charge in [-0.3, -0.25) is 0 Å². The van der Waals surface area contributed by atoms with Crippen LogP contribution in [0.1, 0.15) is 0 Å². The molecule has 3 aromatic carbocycles. The third-order valence-electron chi connectivity index (χ3n) is 4.60. The van der Waals surface area contributed by atoms with Gasteiger partial charge in [-0.2, -0.15) is 4.98 Å². The molecule has 0 atom stereocenters. The zero-order valence-electron chi connectivity index (χ0n) is 17.9. The summed E-state index contributed by atoms with van der Waals surface area (Å²) in [7, 11) is 3.30. The number of nitrogens with zero attached hydrogens (tertiary/aromatic N) is 2. The lowest BCUT2D eigenvalue weighted by Crippen LogP contribution is -2.04. The SMILES string of the molecule is COCCOc1ccc(Nc2nc(Nc3cccc(OC)c3)c3ccccc3n2)cc1.Cl. The third-order valence-corrected chi connectivity index (χ3v) is 4.60. The van der Waals surface area contributed by atoms with Gasteiger partial charge < -0.3 is 24.8 Å². The van der Waals surface area contributed by atoms with Crippen molar-refractivity contribution in [3.05, 3.63) is 72.8 Å². The zero-order chi connectivity index (χ0) is 21.5. The van der Waals surface area contributed by atoms with Gasteiger partial charge in [0.1, 0.15) is 23.9 Å². The summed E-state index contributed by atoms with van der Waals surface area (Å²) in [5.41, 5.74) is 2.58. The minimum atomic E-state index is 0. The molecule has 1 aromatic heterocycles. The van der Waals surface area contributed by atoms with E-state index in [0.29, 0.717) is 25.0 Å². The minimum absolute atomic E-state index is 0. The summed E-state index contributed by atoms with van der Waals surface area (Å²) >= 11 is 0. The van der Waals surface area contributed by atoms with Crippen molar-refractivity contribution in [2.24, 2.45) is 0 Å². The van der Waals surface area contributed by atoms with Crippen molar-refractivity contribution in [3.8, 4) is 11.5 Å². The van der Waals surface area contributed by atoms with Crippen LogP contribution in [0.15, 0.2) is 72.8 Å². The average molecular weight is 453 g/mol. The maximum Gasteiger partial charge on any atom is 0.229 e. The highest BCUT2D eigenvalue weighted by atomic mass is 35.5. The second kappa shape index (κ2) is 11.2. The average Bonchev–Trinajstić information content (AvgIpc) is 2.80. The number of rotatable bonds is 9. The number of ether oxygens (including phenoxy) is 3. The topological polar surface area (TPSA) is 77.5 Å². The third kappa shape index (κ3) is 5.78. The number of benzene rings is 3. The van der Waals surface area contributed by atoms with E-state index < -0.39 is 0 Å². The number of nitrogens with one attached hydrogen (secondary N) is 2. The molecule has 0 aliphatic carbocycles. The van der Waals surface area contributed by atoms with Crippen molar-refractivity contribution in [2.45, 2.75) is 0 Å². The Kier molecular flexibility index (Phi) is 8.08. The van der Waals surface area contributed by atoms with Gasteiger partial charge in [-0.05, 0) is 48.5 Å². The van der Waals surface area contributed by atoms with Gasteiger partial charge in [-0.15, -0.1) is 12.4 Å². The molecular weight excluding hydrogens is 428 g/mol. The molecule has 32 heavy (non-hydrogen) atoms. The smallest absolute Gasteiger partial charge is 0.229 e. The summed E-state index contributed by atoms with van der Waals surface area (Å²) < 4.78 is 15.9. The van der Waals surface area contributed by atoms with Crippen LogP contribution >= 0.6 is 12.4 Å². The molecule has 0 amide bonds. The first kappa shape index (κ1) is 23.1. The monoisotopic (exact) mass is 452 g/mol. The summed E-state index contributed by atoms with van der Waals surface area (Å²) in [6.45, 7) is 1.06. The molecule has 0 radical (unpaired) electrons. The lowest BCUT2D eigenvalue weighted by atomic mass is 10.2. The molecule has 0 saturated carbocycles. The summed E-state index contributed by atoms with van der Waals surface area (Å²) in [6, 6.07) is 23.3. The van der Waals surface area contributed by atoms with Crippen LogP contribution in [0.3, 0.4) is 0 Å². The Bertz CT molecular complexity index is 1160. The molecule has 8 heteroatoms. The molecule has 1 heterocycles. The van der Waals surface area contributed by atoms with E-state index in [-0.39, 0.29) is 12.4 Å². The van der Waals surface area contributed by atoms with E-state index in [4.69, 9.17) is 19.2 Å². The predicted molar refractivity (Wildman–Crippen MR) is 130 cm³/mol. The number of anilines is 4. The first-order valence-corrected chi connectivity index (χ1v) is 9.92. The van der Waals surface area contributed by atoms with E-state index >= 15 is 0 Å². The zero-order valence-corrected chi connectivity index (χ0v) is 18.7. The summed E-state index contributed by atoms with van der Waals surface area (Å²) in [4.78, 5) is 9.36. The molecule has 0 unspecified atom stereocenters. The van der Waals surface area contributed by atoms with Crippen LogP contribution in [0.5, 0.6) is 11.5 Å². The number of para-hydroxylation sites is 1. The van der Waals surface area contributed by atoms with Crippen molar-refractivity contribution in [1.82, 2.24) is 9.97 Å². The Balaban J connectivity index is 0.00000289. The molecule has 166 valence electrons. The largest absolute Gasteiger partial charge is 0.497 e. The fourth-order valence-corrected chi connectivity index (χ4v) is 3.07. The Morgan fingerprint density at radius 3 is 2.34 bits per heavy atom. The number of halogens is 1. The normalized spacial score (nSPS) is 10.3. The second-order valence-corrected chi connectivity index (χ2v) is 6.76. The lowest BCUT2D eigenvalue weighted by molar-refractivity contribution is 0.146. The van der Waals surface area contributed by atoms with Crippen LogP contribution in [0, 0.1) is 0 Å². The Morgan fingerprint density at radius 2 is 1.56 bits per heavy atom. The summed E-state index contributed by atoms with van der Waals surface area (Å²) in [5.74, 6) is 2.76. The van der Waals surface area contributed by atoms with Crippen LogP contribution in [-0.4, -0.2) is 37.4 Å². The Morgan fingerprint density at radius 1 is 0.750 bits per heavy atom. The van der Waals surface area contributed by atoms with Crippen LogP contribution in [0.4, 0.5) is 23.1 Å². The van der Waals surface area contributed by atoms with E-state index in [1.165, 1.54) is 0 Å². The van der Waals surface area contributed by atoms with Gasteiger partial charge >= 0.3 is 0 Å². The van der Waals surface area contributed by atoms with E-state index in [0.717, 1.165) is 33.8 Å². The standard InChI is InChI=1S/C24H24N4O3.ClH/c1-29-14-15-31-19-12-10-17(11-13-19)26-24-27-22-9-4-3-8-21(22)23(28-24)25-18-6-5-7-20(16-18)30-2;/h3-13,16H,14-15H2,1-2H3,(H2,25,26,27,28);1H. The first-order valence-electron chi connectivity index (χ1n) is 9.92. The van der Waals surface area contributed by atoms with Gasteiger partial charge in [0, 0.05) is 29.9 Å². The predicted octanol–water partition coefficient (Wildman–Crippen LogP) is 5.57. The molecular formula is C24H25ClN4O3. The molecule has 0 fully saturated rings. The van der Waals surface area contributed by atoms with Crippen molar-refractivity contribution < 1.29 is 14.2 Å². The van der Waals surface area contributed by atoms with E-state index in [2.05, 4.69) is 15.6 Å². The van der Waals surface area contributed by atoms with Crippen LogP contribution in [0.2, 0.25) is 0 Å². The highest BCUT2D eigenvalue weighted by Gasteiger charge is 2.09. The Labute approximate surface area is 193 Å². The molecule has 4 rings (SSSR count). The highest BCUT2D eigenvalue weighted by molar-refractivity contribution is 5.92. The van der Waals surface area contributed by atoms with Gasteiger partial charge in [0.05, 0.1) is 19.2 Å². The fraction of sp³-hybridized carbons (Fsp3) is 0.167. The minimum Gasteiger partial charge on any atom is -0.497 e. The number of aromatic nitrogens is 2. The molecule has 2 N–H and O–H groups in total. The van der Waals surface area contributed by atoms with Crippen LogP contribution in [0.25, 0.3) is 10.9 Å². The molecule has 0 aliphatic heterocycles. The lowest BCUT2D eigenvalue weighted by Gasteiger charge is -2.13. The van der Waals surface area contributed by atoms with Gasteiger partial charge in [-0.25, -0.2) is 4.98 Å². The highest BCUT2D eigenvalue weighted by Crippen LogP contribution is 2.28. The van der Waals surface area contributed by atoms with E-state index in [9.17, 15) is 0 Å². The van der Waals surface area contributed by atoms with Crippen molar-refractivity contribution >= 4 is 46.5 Å². The first-order chi connectivity index (χ1) is 15.2. The van der Waals surface area contributed by atoms with E-state index in [1.54, 1.807) is 14.2 Å². The molecule has 0 aliphatic rings. The molecule has 7 nitrogen and oxygen atoms in total. The fourth-order valence-electron chi connectivity index (χ4n) is 3.07. The molecule has 0 saturated heterocycles. The quantitative estimate of drug-likeness (QED) is 0.321. The van der Waals surface area contributed by atoms with Gasteiger partial charge in [0.25, 0.3) is 0 Å². The summed E-state index contributed by atoms with van der Waals surface area (Å²) in [5, 5.41) is 7.58. The van der Waals surface area contributed by atoms with Crippen LogP contribution < -0.4 is 20.1 Å². The maximum absolute atomic E-state index is 5.61. The second-order valence-electron chi connectivity index (χ2n) is 6.76. The van der Waals surface area contributed by atoms with E-state index in [1.807, 2.05) is 72.8 Å². The van der Waals surface area contributed by atoms with Crippen molar-refractivity contribution in [1.29, 1.82) is 0 Å². The van der Waals surface area contributed by atoms with Crippen molar-refractivity contribution in [2.75, 3.05) is 38.1 Å². The number of hydrogen-bond donors (Lipinski definition) is 2. The van der Waals surface area contributed by atoms with Crippen molar-refractivity contribution in [3.63, 3.8) is 0 Å². The number of methoxy groups -OCH3 is 2. The number of fused-ring (bicyclic) bond motifs is 1. The van der Waals surface area contributed by atoms with Gasteiger partial charge in [-0.1, -0.05) is 18.2 Å². The molecule has 0 bridgehead atoms. The van der Waals surface area contributed by atoms with Crippen LogP contribution in [-0.2, 0) is 4.74 Å². The number of hydrogen-bond acceptors (Lipinski definition) is 7. The summed E-state index contributed by atoms with van der Waals surface area (Å²) in [6.07, 6.45) is 0. The Hall–Kier alpha value is -3.55. The van der Waals surface area contributed by atoms with Gasteiger partial charge in [0.15, 0.2) is 0 Å². The molecule has 0 spiro atoms. The van der Waals surface area contributed by atoms with Gasteiger partial charge in [0.2, 0.25) is 5.95 Å². The maximum atomic E-state index is 5.61.